The largest absolute Gasteiger partial charge is 0.461 e. The molecule has 0 spiro atoms. The Morgan fingerprint density at radius 3 is 2.92 bits per heavy atom. The molecule has 2 aromatic heterocycles. The maximum Gasteiger partial charge on any atom is 0.231 e. The Balaban J connectivity index is 1.31. The van der Waals surface area contributed by atoms with Crippen molar-refractivity contribution >= 4 is 5.96 Å². The van der Waals surface area contributed by atoms with Crippen LogP contribution >= 0.6 is 0 Å². The summed E-state index contributed by atoms with van der Waals surface area (Å²) in [5, 5.41) is 13.4. The van der Waals surface area contributed by atoms with Gasteiger partial charge in [0.15, 0.2) is 23.2 Å². The van der Waals surface area contributed by atoms with Crippen LogP contribution in [0.15, 0.2) is 46.0 Å². The smallest absolute Gasteiger partial charge is 0.231 e. The number of aromatic amines is 1. The summed E-state index contributed by atoms with van der Waals surface area (Å²) in [5.41, 5.74) is 1.07. The summed E-state index contributed by atoms with van der Waals surface area (Å²) in [6.07, 6.45) is 1.59. The SMILES string of the molecule is CN=C(NCc1ccc2c(c1)OCO2)NCc1nc(-c2ccco2)n[nH]1. The number of furan rings is 1. The molecule has 0 atom stereocenters. The van der Waals surface area contributed by atoms with Crippen molar-refractivity contribution in [1.29, 1.82) is 0 Å². The number of guanidine groups is 1. The van der Waals surface area contributed by atoms with Crippen molar-refractivity contribution in [3.8, 4) is 23.1 Å². The lowest BCUT2D eigenvalue weighted by Gasteiger charge is -2.11. The van der Waals surface area contributed by atoms with Gasteiger partial charge >= 0.3 is 0 Å². The van der Waals surface area contributed by atoms with Gasteiger partial charge in [0.05, 0.1) is 12.8 Å². The average Bonchev–Trinajstić information content (AvgIpc) is 3.41. The lowest BCUT2D eigenvalue weighted by Crippen LogP contribution is -2.36. The molecule has 0 bridgehead atoms. The van der Waals surface area contributed by atoms with E-state index in [2.05, 4.69) is 30.8 Å². The van der Waals surface area contributed by atoms with Gasteiger partial charge in [-0.3, -0.25) is 10.1 Å². The normalized spacial score (nSPS) is 13.0. The number of fused-ring (bicyclic) bond motifs is 1. The predicted octanol–water partition coefficient (Wildman–Crippen LogP) is 1.66. The summed E-state index contributed by atoms with van der Waals surface area (Å²) < 4.78 is 16.0. The van der Waals surface area contributed by atoms with Crippen LogP contribution < -0.4 is 20.1 Å². The lowest BCUT2D eigenvalue weighted by atomic mass is 10.2. The van der Waals surface area contributed by atoms with Crippen LogP contribution in [0.5, 0.6) is 11.5 Å². The number of nitrogens with zero attached hydrogens (tertiary/aromatic N) is 3. The van der Waals surface area contributed by atoms with Crippen molar-refractivity contribution in [2.24, 2.45) is 4.99 Å². The molecule has 134 valence electrons. The monoisotopic (exact) mass is 354 g/mol. The van der Waals surface area contributed by atoms with E-state index in [1.807, 2.05) is 24.3 Å². The number of benzene rings is 1. The highest BCUT2D eigenvalue weighted by molar-refractivity contribution is 5.79. The number of aromatic nitrogens is 3. The van der Waals surface area contributed by atoms with Crippen molar-refractivity contribution in [2.45, 2.75) is 13.1 Å². The minimum Gasteiger partial charge on any atom is -0.461 e. The van der Waals surface area contributed by atoms with Crippen molar-refractivity contribution < 1.29 is 13.9 Å². The summed E-state index contributed by atoms with van der Waals surface area (Å²) in [5.74, 6) is 4.02. The van der Waals surface area contributed by atoms with Crippen LogP contribution in [0.3, 0.4) is 0 Å². The van der Waals surface area contributed by atoms with E-state index in [1.165, 1.54) is 0 Å². The van der Waals surface area contributed by atoms with Crippen LogP contribution in [0, 0.1) is 0 Å². The first kappa shape index (κ1) is 16.0. The van der Waals surface area contributed by atoms with E-state index in [-0.39, 0.29) is 6.79 Å². The molecule has 0 aliphatic carbocycles. The third-order valence-electron chi connectivity index (χ3n) is 3.82. The van der Waals surface area contributed by atoms with Crippen LogP contribution in [-0.4, -0.2) is 35.0 Å². The summed E-state index contributed by atoms with van der Waals surface area (Å²) in [7, 11) is 1.71. The van der Waals surface area contributed by atoms with Gasteiger partial charge in [-0.2, -0.15) is 0 Å². The second-order valence-corrected chi connectivity index (χ2v) is 5.55. The van der Waals surface area contributed by atoms with Gasteiger partial charge in [-0.25, -0.2) is 4.98 Å². The van der Waals surface area contributed by atoms with Gasteiger partial charge in [0.25, 0.3) is 0 Å². The highest BCUT2D eigenvalue weighted by Gasteiger charge is 2.13. The first-order valence-corrected chi connectivity index (χ1v) is 8.10. The Morgan fingerprint density at radius 2 is 2.08 bits per heavy atom. The Kier molecular flexibility index (Phi) is 4.42. The summed E-state index contributed by atoms with van der Waals surface area (Å²) in [6, 6.07) is 9.45. The van der Waals surface area contributed by atoms with Gasteiger partial charge in [0.1, 0.15) is 5.82 Å². The molecule has 0 amide bonds. The van der Waals surface area contributed by atoms with E-state index in [0.29, 0.717) is 36.5 Å². The van der Waals surface area contributed by atoms with E-state index in [9.17, 15) is 0 Å². The van der Waals surface area contributed by atoms with E-state index >= 15 is 0 Å². The Morgan fingerprint density at radius 1 is 1.19 bits per heavy atom. The molecule has 0 unspecified atom stereocenters. The molecule has 0 fully saturated rings. The number of hydrogen-bond acceptors (Lipinski definition) is 6. The Bertz CT molecular complexity index is 903. The second-order valence-electron chi connectivity index (χ2n) is 5.55. The molecule has 9 heteroatoms. The van der Waals surface area contributed by atoms with E-state index in [1.54, 1.807) is 19.4 Å². The topological polar surface area (TPSA) is 110 Å². The molecule has 4 rings (SSSR count). The predicted molar refractivity (Wildman–Crippen MR) is 93.7 cm³/mol. The molecule has 9 nitrogen and oxygen atoms in total. The fraction of sp³-hybridized carbons (Fsp3) is 0.235. The van der Waals surface area contributed by atoms with Gasteiger partial charge in [-0.05, 0) is 29.8 Å². The molecule has 3 N–H and O–H groups in total. The fourth-order valence-electron chi connectivity index (χ4n) is 2.52. The zero-order valence-electron chi connectivity index (χ0n) is 14.2. The number of H-pyrrole nitrogens is 1. The van der Waals surface area contributed by atoms with E-state index < -0.39 is 0 Å². The highest BCUT2D eigenvalue weighted by Crippen LogP contribution is 2.32. The summed E-state index contributed by atoms with van der Waals surface area (Å²) >= 11 is 0. The fourth-order valence-corrected chi connectivity index (χ4v) is 2.52. The van der Waals surface area contributed by atoms with Crippen molar-refractivity contribution in [1.82, 2.24) is 25.8 Å². The average molecular weight is 354 g/mol. The van der Waals surface area contributed by atoms with Crippen molar-refractivity contribution in [3.63, 3.8) is 0 Å². The molecule has 1 aromatic carbocycles. The molecule has 3 aromatic rings. The van der Waals surface area contributed by atoms with Crippen molar-refractivity contribution in [2.75, 3.05) is 13.8 Å². The van der Waals surface area contributed by atoms with E-state index in [0.717, 1.165) is 17.1 Å². The number of hydrogen-bond donors (Lipinski definition) is 3. The van der Waals surface area contributed by atoms with Crippen LogP contribution in [0.2, 0.25) is 0 Å². The third-order valence-corrected chi connectivity index (χ3v) is 3.82. The molecule has 3 heterocycles. The van der Waals surface area contributed by atoms with Crippen LogP contribution in [0.25, 0.3) is 11.6 Å². The molecule has 1 aliphatic heterocycles. The standard InChI is InChI=1S/C17H18N6O3/c1-18-17(19-8-11-4-5-12-14(7-11)26-10-25-12)20-9-15-21-16(23-22-15)13-3-2-6-24-13/h2-7H,8-10H2,1H3,(H2,18,19,20)(H,21,22,23). The zero-order valence-corrected chi connectivity index (χ0v) is 14.2. The molecule has 26 heavy (non-hydrogen) atoms. The minimum atomic E-state index is 0.270. The van der Waals surface area contributed by atoms with Crippen LogP contribution in [0.4, 0.5) is 0 Å². The lowest BCUT2D eigenvalue weighted by molar-refractivity contribution is 0.174. The molecular formula is C17H18N6O3. The van der Waals surface area contributed by atoms with Gasteiger partial charge in [-0.15, -0.1) is 5.10 Å². The Labute approximate surface area is 149 Å². The molecule has 0 radical (unpaired) electrons. The Hall–Kier alpha value is -3.49. The third kappa shape index (κ3) is 3.46. The second kappa shape index (κ2) is 7.18. The van der Waals surface area contributed by atoms with Crippen molar-refractivity contribution in [3.05, 3.63) is 48.0 Å². The number of rotatable bonds is 5. The van der Waals surface area contributed by atoms with Gasteiger partial charge in [0, 0.05) is 13.6 Å². The minimum absolute atomic E-state index is 0.270. The van der Waals surface area contributed by atoms with E-state index in [4.69, 9.17) is 13.9 Å². The summed E-state index contributed by atoms with van der Waals surface area (Å²) in [4.78, 5) is 8.59. The maximum atomic E-state index is 5.39. The molecule has 1 aliphatic rings. The van der Waals surface area contributed by atoms with Gasteiger partial charge < -0.3 is 24.5 Å². The maximum absolute atomic E-state index is 5.39. The highest BCUT2D eigenvalue weighted by atomic mass is 16.7. The number of aliphatic imine (C=N–C) groups is 1. The first-order chi connectivity index (χ1) is 12.8. The van der Waals surface area contributed by atoms with Gasteiger partial charge in [0.2, 0.25) is 12.6 Å². The van der Waals surface area contributed by atoms with Gasteiger partial charge in [-0.1, -0.05) is 6.07 Å². The molecule has 0 saturated carbocycles. The molecular weight excluding hydrogens is 336 g/mol. The van der Waals surface area contributed by atoms with Crippen LogP contribution in [0.1, 0.15) is 11.4 Å². The zero-order chi connectivity index (χ0) is 17.8. The molecule has 0 saturated heterocycles. The first-order valence-electron chi connectivity index (χ1n) is 8.10. The number of ether oxygens (including phenoxy) is 2. The number of nitrogens with one attached hydrogen (secondary N) is 3. The summed E-state index contributed by atoms with van der Waals surface area (Å²) in [6.45, 7) is 1.32. The van der Waals surface area contributed by atoms with Crippen LogP contribution in [-0.2, 0) is 13.1 Å². The quantitative estimate of drug-likeness (QED) is 0.472.